The van der Waals surface area contributed by atoms with Crippen LogP contribution in [0.15, 0.2) is 24.3 Å². The van der Waals surface area contributed by atoms with Gasteiger partial charge in [-0.1, -0.05) is 11.6 Å². The molecule has 0 aliphatic heterocycles. The van der Waals surface area contributed by atoms with Crippen molar-refractivity contribution in [1.82, 2.24) is 10.5 Å². The molecule has 2 aromatic rings. The van der Waals surface area contributed by atoms with Crippen molar-refractivity contribution in [2.24, 2.45) is 0 Å². The van der Waals surface area contributed by atoms with Gasteiger partial charge in [0.2, 0.25) is 0 Å². The first-order valence-corrected chi connectivity index (χ1v) is 4.94. The number of hydroxylamine groups is 1. The molecule has 0 aliphatic rings. The topological polar surface area (TPSA) is 62.2 Å². The van der Waals surface area contributed by atoms with Crippen molar-refractivity contribution in [1.29, 1.82) is 0 Å². The summed E-state index contributed by atoms with van der Waals surface area (Å²) in [5, 5.41) is 9.58. The van der Waals surface area contributed by atoms with Crippen molar-refractivity contribution in [3.05, 3.63) is 41.1 Å². The number of nitrogens with zero attached hydrogens (tertiary/aromatic N) is 1. The average molecular weight is 216 g/mol. The van der Waals surface area contributed by atoms with Crippen molar-refractivity contribution >= 4 is 16.8 Å². The molecule has 0 saturated heterocycles. The van der Waals surface area contributed by atoms with Gasteiger partial charge in [0.1, 0.15) is 5.69 Å². The molecule has 1 aromatic carbocycles. The van der Waals surface area contributed by atoms with E-state index in [9.17, 15) is 4.79 Å². The van der Waals surface area contributed by atoms with Crippen molar-refractivity contribution in [3.63, 3.8) is 0 Å². The van der Waals surface area contributed by atoms with Crippen LogP contribution in [0.2, 0.25) is 0 Å². The van der Waals surface area contributed by atoms with Gasteiger partial charge in [0.25, 0.3) is 5.91 Å². The van der Waals surface area contributed by atoms with Crippen LogP contribution in [-0.4, -0.2) is 16.1 Å². The Balaban J connectivity index is 2.68. The van der Waals surface area contributed by atoms with E-state index >= 15 is 0 Å². The third-order valence-corrected chi connectivity index (χ3v) is 2.51. The van der Waals surface area contributed by atoms with Crippen molar-refractivity contribution in [3.8, 4) is 0 Å². The first kappa shape index (κ1) is 10.6. The molecule has 0 bridgehead atoms. The second-order valence-electron chi connectivity index (χ2n) is 3.79. The number of pyridine rings is 1. The van der Waals surface area contributed by atoms with Crippen LogP contribution in [-0.2, 0) is 0 Å². The van der Waals surface area contributed by atoms with Crippen LogP contribution in [0.25, 0.3) is 10.9 Å². The quantitative estimate of drug-likeness (QED) is 0.566. The molecule has 2 N–H and O–H groups in total. The van der Waals surface area contributed by atoms with Crippen LogP contribution < -0.4 is 5.48 Å². The van der Waals surface area contributed by atoms with Crippen LogP contribution in [0.1, 0.15) is 21.6 Å². The van der Waals surface area contributed by atoms with Gasteiger partial charge in [0.05, 0.1) is 5.52 Å². The molecule has 1 heterocycles. The number of hydrogen-bond acceptors (Lipinski definition) is 3. The van der Waals surface area contributed by atoms with Crippen LogP contribution in [0.4, 0.5) is 0 Å². The van der Waals surface area contributed by atoms with E-state index in [4.69, 9.17) is 5.21 Å². The summed E-state index contributed by atoms with van der Waals surface area (Å²) in [6.07, 6.45) is 0. The second kappa shape index (κ2) is 3.90. The van der Waals surface area contributed by atoms with Crippen molar-refractivity contribution < 1.29 is 10.0 Å². The third-order valence-electron chi connectivity index (χ3n) is 2.51. The lowest BCUT2D eigenvalue weighted by atomic mass is 10.1. The molecule has 82 valence electrons. The number of benzene rings is 1. The monoisotopic (exact) mass is 216 g/mol. The highest BCUT2D eigenvalue weighted by atomic mass is 16.5. The molecule has 0 unspecified atom stereocenters. The van der Waals surface area contributed by atoms with Gasteiger partial charge in [0.15, 0.2) is 0 Å². The zero-order chi connectivity index (χ0) is 11.7. The minimum atomic E-state index is -0.592. The Kier molecular flexibility index (Phi) is 2.58. The molecule has 2 rings (SSSR count). The fourth-order valence-corrected chi connectivity index (χ4v) is 1.68. The third kappa shape index (κ3) is 1.75. The Morgan fingerprint density at radius 3 is 2.75 bits per heavy atom. The van der Waals surface area contributed by atoms with E-state index < -0.39 is 5.91 Å². The van der Waals surface area contributed by atoms with E-state index in [1.165, 1.54) is 0 Å². The number of carbonyl (C=O) groups excluding carboxylic acids is 1. The van der Waals surface area contributed by atoms with Gasteiger partial charge >= 0.3 is 0 Å². The molecule has 1 amide bonds. The normalized spacial score (nSPS) is 10.4. The van der Waals surface area contributed by atoms with Crippen LogP contribution in [0, 0.1) is 13.8 Å². The maximum Gasteiger partial charge on any atom is 0.293 e. The summed E-state index contributed by atoms with van der Waals surface area (Å²) in [5.74, 6) is -0.592. The lowest BCUT2D eigenvalue weighted by Gasteiger charge is -2.05. The Bertz CT molecular complexity index is 564. The predicted octanol–water partition coefficient (Wildman–Crippen LogP) is 1.97. The molecule has 0 aliphatic carbocycles. The molecule has 4 heteroatoms. The highest BCUT2D eigenvalue weighted by Gasteiger charge is 2.09. The fourth-order valence-electron chi connectivity index (χ4n) is 1.68. The van der Waals surface area contributed by atoms with E-state index in [0.29, 0.717) is 0 Å². The number of rotatable bonds is 1. The summed E-state index contributed by atoms with van der Waals surface area (Å²) < 4.78 is 0. The Labute approximate surface area is 92.9 Å². The smallest absolute Gasteiger partial charge is 0.288 e. The van der Waals surface area contributed by atoms with Crippen LogP contribution >= 0.6 is 0 Å². The van der Waals surface area contributed by atoms with E-state index in [0.717, 1.165) is 22.0 Å². The molecule has 1 aromatic heterocycles. The molecular formula is C12H12N2O2. The SMILES string of the molecule is Cc1ccc2nc(C(=O)NO)cc(C)c2c1. The summed E-state index contributed by atoms with van der Waals surface area (Å²) >= 11 is 0. The van der Waals surface area contributed by atoms with E-state index in [2.05, 4.69) is 4.98 Å². The number of hydrogen-bond donors (Lipinski definition) is 2. The standard InChI is InChI=1S/C12H12N2O2/c1-7-3-4-10-9(5-7)8(2)6-11(13-10)12(15)14-16/h3-6,16H,1-2H3,(H,14,15). The largest absolute Gasteiger partial charge is 0.293 e. The molecule has 4 nitrogen and oxygen atoms in total. The Morgan fingerprint density at radius 1 is 1.31 bits per heavy atom. The van der Waals surface area contributed by atoms with Gasteiger partial charge in [-0.15, -0.1) is 0 Å². The summed E-state index contributed by atoms with van der Waals surface area (Å²) in [4.78, 5) is 15.4. The van der Waals surface area contributed by atoms with Crippen LogP contribution in [0.3, 0.4) is 0 Å². The summed E-state index contributed by atoms with van der Waals surface area (Å²) in [6, 6.07) is 7.49. The summed E-state index contributed by atoms with van der Waals surface area (Å²) in [5.41, 5.74) is 4.67. The first-order chi connectivity index (χ1) is 7.61. The van der Waals surface area contributed by atoms with Crippen molar-refractivity contribution in [2.45, 2.75) is 13.8 Å². The molecule has 0 spiro atoms. The number of nitrogens with one attached hydrogen (secondary N) is 1. The van der Waals surface area contributed by atoms with E-state index in [-0.39, 0.29) is 5.69 Å². The fraction of sp³-hybridized carbons (Fsp3) is 0.167. The van der Waals surface area contributed by atoms with Gasteiger partial charge in [-0.05, 0) is 37.6 Å². The minimum Gasteiger partial charge on any atom is -0.288 e. The molecule has 16 heavy (non-hydrogen) atoms. The van der Waals surface area contributed by atoms with Gasteiger partial charge < -0.3 is 0 Å². The molecular weight excluding hydrogens is 204 g/mol. The van der Waals surface area contributed by atoms with Gasteiger partial charge in [-0.3, -0.25) is 10.0 Å². The highest BCUT2D eigenvalue weighted by Crippen LogP contribution is 2.19. The Morgan fingerprint density at radius 2 is 2.06 bits per heavy atom. The summed E-state index contributed by atoms with van der Waals surface area (Å²) in [7, 11) is 0. The molecule has 0 saturated carbocycles. The number of amides is 1. The number of aromatic nitrogens is 1. The van der Waals surface area contributed by atoms with E-state index in [1.807, 2.05) is 32.0 Å². The van der Waals surface area contributed by atoms with Gasteiger partial charge in [0, 0.05) is 5.39 Å². The predicted molar refractivity (Wildman–Crippen MR) is 60.5 cm³/mol. The van der Waals surface area contributed by atoms with Crippen LogP contribution in [0.5, 0.6) is 0 Å². The Hall–Kier alpha value is -1.94. The first-order valence-electron chi connectivity index (χ1n) is 4.94. The average Bonchev–Trinajstić information content (AvgIpc) is 2.28. The molecule has 0 radical (unpaired) electrons. The lowest BCUT2D eigenvalue weighted by Crippen LogP contribution is -2.20. The second-order valence-corrected chi connectivity index (χ2v) is 3.79. The highest BCUT2D eigenvalue weighted by molar-refractivity contribution is 5.95. The van der Waals surface area contributed by atoms with Crippen molar-refractivity contribution in [2.75, 3.05) is 0 Å². The maximum absolute atomic E-state index is 11.3. The molecule has 0 atom stereocenters. The van der Waals surface area contributed by atoms with Gasteiger partial charge in [-0.25, -0.2) is 10.5 Å². The minimum absolute atomic E-state index is 0.219. The lowest BCUT2D eigenvalue weighted by molar-refractivity contribution is 0.0701. The maximum atomic E-state index is 11.3. The summed E-state index contributed by atoms with van der Waals surface area (Å²) in [6.45, 7) is 3.92. The van der Waals surface area contributed by atoms with Gasteiger partial charge in [-0.2, -0.15) is 0 Å². The molecule has 0 fully saturated rings. The van der Waals surface area contributed by atoms with E-state index in [1.54, 1.807) is 11.5 Å². The number of aryl methyl sites for hydroxylation is 2. The zero-order valence-corrected chi connectivity index (χ0v) is 9.11. The number of carbonyl (C=O) groups is 1. The number of fused-ring (bicyclic) bond motifs is 1. The zero-order valence-electron chi connectivity index (χ0n) is 9.11.